The van der Waals surface area contributed by atoms with E-state index in [-0.39, 0.29) is 11.0 Å². The molecule has 3 nitrogen and oxygen atoms in total. The highest BCUT2D eigenvalue weighted by Gasteiger charge is 2.20. The number of Topliss-reactive ketones (excluding diaryl/α,β-unsaturated/α-hetero) is 1. The lowest BCUT2D eigenvalue weighted by Gasteiger charge is -2.11. The van der Waals surface area contributed by atoms with Crippen LogP contribution in [0.3, 0.4) is 0 Å². The smallest absolute Gasteiger partial charge is 0.175 e. The molecule has 2 heterocycles. The molecule has 1 atom stereocenters. The zero-order valence-electron chi connectivity index (χ0n) is 12.8. The van der Waals surface area contributed by atoms with Crippen LogP contribution in [0, 0.1) is 0 Å². The second kappa shape index (κ2) is 6.06. The van der Waals surface area contributed by atoms with E-state index in [0.717, 1.165) is 33.6 Å². The molecule has 1 aliphatic rings. The molecule has 0 unspecified atom stereocenters. The fourth-order valence-corrected chi connectivity index (χ4v) is 4.82. The SMILES string of the molecule is C[C@@H](Sc1ncnc2sccc12)C(=O)c1ccc2c(c1)CCC2. The topological polar surface area (TPSA) is 42.9 Å². The Morgan fingerprint density at radius 2 is 2.09 bits per heavy atom. The van der Waals surface area contributed by atoms with E-state index in [1.165, 1.54) is 29.3 Å². The maximum Gasteiger partial charge on any atom is 0.175 e. The van der Waals surface area contributed by atoms with Crippen LogP contribution in [0.15, 0.2) is 41.0 Å². The molecule has 0 radical (unpaired) electrons. The molecule has 0 fully saturated rings. The standard InChI is InChI=1S/C18H16N2OS2/c1-11(23-18-15-7-8-22-17(15)19-10-20-18)16(21)14-6-5-12-3-2-4-13(12)9-14/h5-11H,2-4H2,1H3/t11-/m1/s1. The third kappa shape index (κ3) is 2.79. The monoisotopic (exact) mass is 340 g/mol. The van der Waals surface area contributed by atoms with Crippen LogP contribution in [0.4, 0.5) is 0 Å². The number of carbonyl (C=O) groups is 1. The molecule has 1 aliphatic carbocycles. The van der Waals surface area contributed by atoms with Gasteiger partial charge in [0, 0.05) is 10.9 Å². The van der Waals surface area contributed by atoms with Gasteiger partial charge in [-0.15, -0.1) is 11.3 Å². The van der Waals surface area contributed by atoms with Crippen molar-refractivity contribution in [3.05, 3.63) is 52.7 Å². The highest BCUT2D eigenvalue weighted by atomic mass is 32.2. The number of carbonyl (C=O) groups excluding carboxylic acids is 1. The van der Waals surface area contributed by atoms with E-state index < -0.39 is 0 Å². The van der Waals surface area contributed by atoms with Crippen molar-refractivity contribution in [2.24, 2.45) is 0 Å². The minimum absolute atomic E-state index is 0.160. The number of rotatable bonds is 4. The number of fused-ring (bicyclic) bond motifs is 2. The van der Waals surface area contributed by atoms with Crippen LogP contribution in [0.5, 0.6) is 0 Å². The Morgan fingerprint density at radius 3 is 3.00 bits per heavy atom. The molecule has 0 bridgehead atoms. The van der Waals surface area contributed by atoms with Gasteiger partial charge in [0.05, 0.1) is 5.25 Å². The van der Waals surface area contributed by atoms with Crippen molar-refractivity contribution < 1.29 is 4.79 Å². The van der Waals surface area contributed by atoms with E-state index in [1.807, 2.05) is 24.4 Å². The third-order valence-corrected chi connectivity index (χ3v) is 6.20. The summed E-state index contributed by atoms with van der Waals surface area (Å²) in [5, 5.41) is 3.78. The van der Waals surface area contributed by atoms with Gasteiger partial charge in [-0.3, -0.25) is 4.79 Å². The van der Waals surface area contributed by atoms with Gasteiger partial charge in [-0.25, -0.2) is 9.97 Å². The summed E-state index contributed by atoms with van der Waals surface area (Å²) in [4.78, 5) is 22.4. The number of benzene rings is 1. The number of aromatic nitrogens is 2. The molecule has 0 amide bonds. The van der Waals surface area contributed by atoms with Crippen LogP contribution in [0.1, 0.15) is 34.8 Å². The summed E-state index contributed by atoms with van der Waals surface area (Å²) >= 11 is 3.12. The molecule has 0 spiro atoms. The van der Waals surface area contributed by atoms with Crippen molar-refractivity contribution in [2.45, 2.75) is 36.5 Å². The van der Waals surface area contributed by atoms with E-state index >= 15 is 0 Å². The highest BCUT2D eigenvalue weighted by molar-refractivity contribution is 8.00. The first kappa shape index (κ1) is 14.8. The van der Waals surface area contributed by atoms with Gasteiger partial charge in [-0.2, -0.15) is 0 Å². The average Bonchev–Trinajstić information content (AvgIpc) is 3.22. The number of hydrogen-bond donors (Lipinski definition) is 0. The Labute approximate surface area is 143 Å². The summed E-state index contributed by atoms with van der Waals surface area (Å²) in [5.41, 5.74) is 3.56. The van der Waals surface area contributed by atoms with Crippen LogP contribution in [-0.4, -0.2) is 21.0 Å². The maximum atomic E-state index is 12.8. The first-order valence-corrected chi connectivity index (χ1v) is 9.49. The molecule has 0 N–H and O–H groups in total. The molecule has 5 heteroatoms. The average molecular weight is 340 g/mol. The molecule has 0 aliphatic heterocycles. The number of aryl methyl sites for hydroxylation is 2. The van der Waals surface area contributed by atoms with Crippen LogP contribution < -0.4 is 0 Å². The van der Waals surface area contributed by atoms with Gasteiger partial charge in [0.2, 0.25) is 0 Å². The van der Waals surface area contributed by atoms with Gasteiger partial charge in [0.15, 0.2) is 5.78 Å². The second-order valence-corrected chi connectivity index (χ2v) is 8.00. The van der Waals surface area contributed by atoms with Crippen molar-refractivity contribution in [3.8, 4) is 0 Å². The molecule has 2 aromatic heterocycles. The first-order valence-electron chi connectivity index (χ1n) is 7.73. The van der Waals surface area contributed by atoms with Crippen molar-refractivity contribution in [1.29, 1.82) is 0 Å². The highest BCUT2D eigenvalue weighted by Crippen LogP contribution is 2.32. The first-order chi connectivity index (χ1) is 11.2. The van der Waals surface area contributed by atoms with E-state index in [9.17, 15) is 4.79 Å². The molecule has 23 heavy (non-hydrogen) atoms. The van der Waals surface area contributed by atoms with E-state index in [2.05, 4.69) is 22.1 Å². The number of hydrogen-bond acceptors (Lipinski definition) is 5. The number of thiophene rings is 1. The molecule has 4 rings (SSSR count). The van der Waals surface area contributed by atoms with E-state index in [1.54, 1.807) is 17.7 Å². The maximum absolute atomic E-state index is 12.8. The van der Waals surface area contributed by atoms with Gasteiger partial charge < -0.3 is 0 Å². The largest absolute Gasteiger partial charge is 0.293 e. The summed E-state index contributed by atoms with van der Waals surface area (Å²) in [6, 6.07) is 8.20. The Morgan fingerprint density at radius 1 is 1.22 bits per heavy atom. The van der Waals surface area contributed by atoms with Gasteiger partial charge in [0.25, 0.3) is 0 Å². The summed E-state index contributed by atoms with van der Waals surface area (Å²) in [5.74, 6) is 0.173. The predicted molar refractivity (Wildman–Crippen MR) is 95.5 cm³/mol. The van der Waals surface area contributed by atoms with Crippen LogP contribution >= 0.6 is 23.1 Å². The lowest BCUT2D eigenvalue weighted by atomic mass is 10.0. The van der Waals surface area contributed by atoms with Gasteiger partial charge in [-0.05, 0) is 54.8 Å². The van der Waals surface area contributed by atoms with Crippen molar-refractivity contribution >= 4 is 39.1 Å². The number of thioether (sulfide) groups is 1. The quantitative estimate of drug-likeness (QED) is 0.397. The van der Waals surface area contributed by atoms with E-state index in [0.29, 0.717) is 0 Å². The van der Waals surface area contributed by atoms with Gasteiger partial charge >= 0.3 is 0 Å². The third-order valence-electron chi connectivity index (χ3n) is 4.27. The Balaban J connectivity index is 1.58. The number of nitrogens with zero attached hydrogens (tertiary/aromatic N) is 2. The van der Waals surface area contributed by atoms with Crippen LogP contribution in [-0.2, 0) is 12.8 Å². The van der Waals surface area contributed by atoms with Crippen molar-refractivity contribution in [3.63, 3.8) is 0 Å². The van der Waals surface area contributed by atoms with Crippen LogP contribution in [0.2, 0.25) is 0 Å². The summed E-state index contributed by atoms with van der Waals surface area (Å²) in [6.45, 7) is 1.96. The summed E-state index contributed by atoms with van der Waals surface area (Å²) in [6.07, 6.45) is 5.02. The molecule has 3 aromatic rings. The fourth-order valence-electron chi connectivity index (χ4n) is 3.04. The zero-order valence-corrected chi connectivity index (χ0v) is 14.4. The van der Waals surface area contributed by atoms with Gasteiger partial charge in [0.1, 0.15) is 16.2 Å². The molecular formula is C18H16N2OS2. The molecule has 116 valence electrons. The number of ketones is 1. The lowest BCUT2D eigenvalue weighted by molar-refractivity contribution is 0.0994. The second-order valence-electron chi connectivity index (χ2n) is 5.78. The fraction of sp³-hybridized carbons (Fsp3) is 0.278. The lowest BCUT2D eigenvalue weighted by Crippen LogP contribution is -2.14. The normalized spacial score (nSPS) is 14.8. The zero-order chi connectivity index (χ0) is 15.8. The molecule has 0 saturated carbocycles. The minimum Gasteiger partial charge on any atom is -0.293 e. The summed E-state index contributed by atoms with van der Waals surface area (Å²) in [7, 11) is 0. The predicted octanol–water partition coefficient (Wildman–Crippen LogP) is 4.54. The Hall–Kier alpha value is -1.72. The summed E-state index contributed by atoms with van der Waals surface area (Å²) < 4.78 is 0. The Bertz CT molecular complexity index is 888. The van der Waals surface area contributed by atoms with Gasteiger partial charge in [-0.1, -0.05) is 23.9 Å². The molecule has 1 aromatic carbocycles. The van der Waals surface area contributed by atoms with Crippen molar-refractivity contribution in [2.75, 3.05) is 0 Å². The van der Waals surface area contributed by atoms with Crippen molar-refractivity contribution in [1.82, 2.24) is 9.97 Å². The molecule has 0 saturated heterocycles. The van der Waals surface area contributed by atoms with Crippen LogP contribution in [0.25, 0.3) is 10.2 Å². The van der Waals surface area contributed by atoms with E-state index in [4.69, 9.17) is 0 Å². The molecular weight excluding hydrogens is 324 g/mol. The Kier molecular flexibility index (Phi) is 3.91. The minimum atomic E-state index is -0.160.